The highest BCUT2D eigenvalue weighted by molar-refractivity contribution is 7.99. The van der Waals surface area contributed by atoms with E-state index in [1.165, 1.54) is 11.8 Å². The molecule has 4 N–H and O–H groups in total. The third-order valence-electron chi connectivity index (χ3n) is 4.75. The van der Waals surface area contributed by atoms with Crippen molar-refractivity contribution in [2.45, 2.75) is 9.79 Å². The molecule has 0 fully saturated rings. The molecule has 0 saturated carbocycles. The Balaban J connectivity index is 0.00000324. The lowest BCUT2D eigenvalue weighted by molar-refractivity contribution is 1.40. The monoisotopic (exact) mass is 608 g/mol. The maximum atomic E-state index is 6.79. The van der Waals surface area contributed by atoms with Crippen molar-refractivity contribution >= 4 is 105 Å². The molecule has 0 atom stereocenters. The van der Waals surface area contributed by atoms with E-state index in [2.05, 4.69) is 0 Å². The van der Waals surface area contributed by atoms with Gasteiger partial charge in [-0.2, -0.15) is 0 Å². The van der Waals surface area contributed by atoms with Crippen molar-refractivity contribution in [3.63, 3.8) is 0 Å². The van der Waals surface area contributed by atoms with Crippen LogP contribution in [0.2, 0.25) is 30.1 Å². The third-order valence-corrected chi connectivity index (χ3v) is 7.94. The lowest BCUT2D eigenvalue weighted by atomic mass is 10.0. The zero-order valence-electron chi connectivity index (χ0n) is 17.0. The number of hydrogen-bond donors (Lipinski definition) is 2. The van der Waals surface area contributed by atoms with Crippen LogP contribution >= 0.6 is 93.8 Å². The van der Waals surface area contributed by atoms with Gasteiger partial charge in [0.05, 0.1) is 10.0 Å². The molecule has 0 spiro atoms. The Kier molecular flexibility index (Phi) is 9.11. The molecule has 176 valence electrons. The van der Waals surface area contributed by atoms with Gasteiger partial charge in [0.25, 0.3) is 0 Å². The van der Waals surface area contributed by atoms with Crippen LogP contribution in [-0.2, 0) is 0 Å². The molecule has 10 heteroatoms. The van der Waals surface area contributed by atoms with Crippen LogP contribution < -0.4 is 11.5 Å². The van der Waals surface area contributed by atoms with E-state index < -0.39 is 0 Å². The molecule has 0 bridgehead atoms. The summed E-state index contributed by atoms with van der Waals surface area (Å²) in [6, 6.07) is 17.6. The largest absolute Gasteiger partial charge is 0.399 e. The van der Waals surface area contributed by atoms with Crippen molar-refractivity contribution in [1.82, 2.24) is 0 Å². The maximum Gasteiger partial charge on any atom is 0.0638 e. The fourth-order valence-corrected chi connectivity index (χ4v) is 6.17. The molecule has 0 aliphatic rings. The molecular formula is C24H15Cl7N2S. The molecule has 0 saturated heterocycles. The minimum Gasteiger partial charge on any atom is -0.399 e. The number of anilines is 2. The highest BCUT2D eigenvalue weighted by Gasteiger charge is 2.19. The minimum atomic E-state index is 0. The normalized spacial score (nSPS) is 10.8. The molecular weight excluding hydrogens is 597 g/mol. The number of nitrogens with two attached hydrogens (primary N) is 2. The molecule has 0 aliphatic carbocycles. The molecule has 0 aliphatic heterocycles. The molecule has 34 heavy (non-hydrogen) atoms. The molecule has 4 rings (SSSR count). The van der Waals surface area contributed by atoms with E-state index in [4.69, 9.17) is 81.1 Å². The van der Waals surface area contributed by atoms with Crippen LogP contribution in [0, 0.1) is 0 Å². The van der Waals surface area contributed by atoms with Gasteiger partial charge in [-0.05, 0) is 71.8 Å². The Morgan fingerprint density at radius 1 is 0.529 bits per heavy atom. The number of hydrogen-bond acceptors (Lipinski definition) is 3. The summed E-state index contributed by atoms with van der Waals surface area (Å²) < 4.78 is 0. The van der Waals surface area contributed by atoms with Gasteiger partial charge in [-0.15, -0.1) is 12.4 Å². The van der Waals surface area contributed by atoms with E-state index in [0.717, 1.165) is 20.9 Å². The van der Waals surface area contributed by atoms with E-state index in [1.54, 1.807) is 48.5 Å². The molecule has 0 radical (unpaired) electrons. The van der Waals surface area contributed by atoms with Crippen LogP contribution in [0.1, 0.15) is 0 Å². The molecule has 4 aromatic rings. The predicted octanol–water partition coefficient (Wildman–Crippen LogP) is 10.7. The van der Waals surface area contributed by atoms with Crippen molar-refractivity contribution in [2.75, 3.05) is 11.5 Å². The van der Waals surface area contributed by atoms with Crippen LogP contribution in [0.4, 0.5) is 11.4 Å². The Morgan fingerprint density at radius 3 is 1.26 bits per heavy atom. The average Bonchev–Trinajstić information content (AvgIpc) is 2.70. The highest BCUT2D eigenvalue weighted by Crippen LogP contribution is 2.48. The maximum absolute atomic E-state index is 6.79. The van der Waals surface area contributed by atoms with Crippen LogP contribution in [0.5, 0.6) is 0 Å². The van der Waals surface area contributed by atoms with Crippen molar-refractivity contribution in [1.29, 1.82) is 0 Å². The zero-order chi connectivity index (χ0) is 23.9. The summed E-state index contributed by atoms with van der Waals surface area (Å²) in [5, 5.41) is 2.83. The predicted molar refractivity (Wildman–Crippen MR) is 154 cm³/mol. The second kappa shape index (κ2) is 11.3. The van der Waals surface area contributed by atoms with Crippen molar-refractivity contribution in [3.05, 3.63) is 90.8 Å². The fraction of sp³-hybridized carbons (Fsp3) is 0. The summed E-state index contributed by atoms with van der Waals surface area (Å²) in [6.07, 6.45) is 0. The van der Waals surface area contributed by atoms with Crippen molar-refractivity contribution < 1.29 is 0 Å². The first kappa shape index (κ1) is 27.4. The molecule has 0 amide bonds. The Bertz CT molecular complexity index is 1250. The first-order valence-corrected chi connectivity index (χ1v) is 12.5. The number of benzene rings is 4. The first-order valence-electron chi connectivity index (χ1n) is 9.40. The minimum absolute atomic E-state index is 0. The van der Waals surface area contributed by atoms with Gasteiger partial charge in [0.15, 0.2) is 0 Å². The molecule has 0 aromatic heterocycles. The Labute approximate surface area is 237 Å². The lowest BCUT2D eigenvalue weighted by Gasteiger charge is -2.15. The Morgan fingerprint density at radius 2 is 0.912 bits per heavy atom. The average molecular weight is 612 g/mol. The summed E-state index contributed by atoms with van der Waals surface area (Å²) in [7, 11) is 0. The second-order valence-electron chi connectivity index (χ2n) is 7.12. The topological polar surface area (TPSA) is 52.0 Å². The number of nitrogen functional groups attached to an aromatic ring is 2. The fourth-order valence-electron chi connectivity index (χ4n) is 3.39. The van der Waals surface area contributed by atoms with Crippen LogP contribution in [0.25, 0.3) is 22.3 Å². The van der Waals surface area contributed by atoms with Gasteiger partial charge in [0.2, 0.25) is 0 Å². The number of rotatable bonds is 4. The molecule has 0 heterocycles. The SMILES string of the molecule is Cl.Nc1cc(Cl)cc(-c2c(Cl)ccc(Sc3ccc(Cl)c(-c4cc(N)cc(Cl)c4)c3Cl)c2Cl)c1. The standard InChI is InChI=1S/C24H14Cl6N2S.ClH/c25-13-5-11(7-15(31)9-13)21-17(27)1-3-19(23(21)29)33-20-4-2-18(28)22(24(20)30)12-6-14(26)10-16(32)8-12;/h1-10H,31-32H2;1H. The molecule has 0 unspecified atom stereocenters. The van der Waals surface area contributed by atoms with Gasteiger partial charge >= 0.3 is 0 Å². The van der Waals surface area contributed by atoms with Gasteiger partial charge in [-0.25, -0.2) is 0 Å². The van der Waals surface area contributed by atoms with Gasteiger partial charge in [0.1, 0.15) is 0 Å². The second-order valence-corrected chi connectivity index (χ2v) is 10.6. The highest BCUT2D eigenvalue weighted by atomic mass is 35.5. The van der Waals surface area contributed by atoms with Gasteiger partial charge < -0.3 is 11.5 Å². The summed E-state index contributed by atoms with van der Waals surface area (Å²) in [6.45, 7) is 0. The summed E-state index contributed by atoms with van der Waals surface area (Å²) in [4.78, 5) is 1.49. The van der Waals surface area contributed by atoms with E-state index >= 15 is 0 Å². The van der Waals surface area contributed by atoms with Gasteiger partial charge in [0, 0.05) is 52.4 Å². The molecule has 2 nitrogen and oxygen atoms in total. The van der Waals surface area contributed by atoms with E-state index in [9.17, 15) is 0 Å². The van der Waals surface area contributed by atoms with Crippen LogP contribution in [0.3, 0.4) is 0 Å². The Hall–Kier alpha value is -1.14. The molecule has 4 aromatic carbocycles. The smallest absolute Gasteiger partial charge is 0.0638 e. The van der Waals surface area contributed by atoms with Crippen LogP contribution in [0.15, 0.2) is 70.5 Å². The van der Waals surface area contributed by atoms with E-state index in [-0.39, 0.29) is 12.4 Å². The van der Waals surface area contributed by atoms with Crippen molar-refractivity contribution in [2.24, 2.45) is 0 Å². The van der Waals surface area contributed by atoms with Crippen LogP contribution in [-0.4, -0.2) is 0 Å². The summed E-state index contributed by atoms with van der Waals surface area (Å²) in [5.74, 6) is 0. The summed E-state index contributed by atoms with van der Waals surface area (Å²) >= 11 is 40.3. The van der Waals surface area contributed by atoms with Crippen molar-refractivity contribution in [3.8, 4) is 22.3 Å². The number of halogens is 7. The quantitative estimate of drug-likeness (QED) is 0.226. The van der Waals surface area contributed by atoms with Gasteiger partial charge in [-0.1, -0.05) is 81.4 Å². The lowest BCUT2D eigenvalue weighted by Crippen LogP contribution is -1.91. The van der Waals surface area contributed by atoms with E-state index in [0.29, 0.717) is 52.6 Å². The first-order chi connectivity index (χ1) is 15.6. The van der Waals surface area contributed by atoms with Gasteiger partial charge in [-0.3, -0.25) is 0 Å². The van der Waals surface area contributed by atoms with E-state index in [1.807, 2.05) is 12.1 Å². The zero-order valence-corrected chi connectivity index (χ0v) is 23.2. The third kappa shape index (κ3) is 5.80. The summed E-state index contributed by atoms with van der Waals surface area (Å²) in [5.41, 5.74) is 15.6.